The van der Waals surface area contributed by atoms with Gasteiger partial charge in [-0.15, -0.1) is 0 Å². The van der Waals surface area contributed by atoms with Crippen molar-refractivity contribution in [2.75, 3.05) is 0 Å². The van der Waals surface area contributed by atoms with E-state index in [1.807, 2.05) is 19.9 Å². The maximum absolute atomic E-state index is 11.3. The molecular weight excluding hydrogens is 420 g/mol. The molecule has 0 spiro atoms. The van der Waals surface area contributed by atoms with E-state index in [0.29, 0.717) is 0 Å². The summed E-state index contributed by atoms with van der Waals surface area (Å²) in [5.41, 5.74) is 4.48. The Hall–Kier alpha value is -1.87. The van der Waals surface area contributed by atoms with Crippen LogP contribution in [0, 0.1) is 5.41 Å². The summed E-state index contributed by atoms with van der Waals surface area (Å²) in [7, 11) is 0. The van der Waals surface area contributed by atoms with Crippen LogP contribution in [0.15, 0.2) is 59.3 Å². The summed E-state index contributed by atoms with van der Waals surface area (Å²) < 4.78 is 5.41. The zero-order chi connectivity index (χ0) is 25.1. The van der Waals surface area contributed by atoms with E-state index in [4.69, 9.17) is 4.74 Å². The largest absolute Gasteiger partial charge is 0.458 e. The van der Waals surface area contributed by atoms with Crippen LogP contribution < -0.4 is 0 Å². The third kappa shape index (κ3) is 12.6. The van der Waals surface area contributed by atoms with Crippen LogP contribution in [0.4, 0.5) is 0 Å². The second kappa shape index (κ2) is 15.2. The van der Waals surface area contributed by atoms with Crippen molar-refractivity contribution in [2.45, 2.75) is 125 Å². The van der Waals surface area contributed by atoms with Gasteiger partial charge in [-0.3, -0.25) is 4.79 Å². The van der Waals surface area contributed by atoms with Gasteiger partial charge < -0.3 is 9.84 Å². The van der Waals surface area contributed by atoms with Crippen LogP contribution in [0.1, 0.15) is 114 Å². The smallest absolute Gasteiger partial charge is 0.303 e. The number of hydrogen-bond acceptors (Lipinski definition) is 3. The third-order valence-corrected chi connectivity index (χ3v) is 6.39. The monoisotopic (exact) mass is 472 g/mol. The first-order valence-corrected chi connectivity index (χ1v) is 12.7. The Kier molecular flexibility index (Phi) is 14.4. The quantitative estimate of drug-likeness (QED) is 0.228. The molecule has 3 heteroatoms. The van der Waals surface area contributed by atoms with Gasteiger partial charge in [0.1, 0.15) is 6.10 Å². The predicted molar refractivity (Wildman–Crippen MR) is 148 cm³/mol. The van der Waals surface area contributed by atoms with Crippen LogP contribution in [0.3, 0.4) is 0 Å². The zero-order valence-electron chi connectivity index (χ0n) is 22.3. The lowest BCUT2D eigenvalue weighted by Crippen LogP contribution is -2.23. The van der Waals surface area contributed by atoms with E-state index in [2.05, 4.69) is 58.6 Å². The van der Waals surface area contributed by atoms with Crippen molar-refractivity contribution in [1.82, 2.24) is 0 Å². The van der Waals surface area contributed by atoms with Gasteiger partial charge in [-0.2, -0.15) is 0 Å². The van der Waals surface area contributed by atoms with Gasteiger partial charge >= 0.3 is 5.97 Å². The van der Waals surface area contributed by atoms with Crippen molar-refractivity contribution in [3.05, 3.63) is 59.3 Å². The Balaban J connectivity index is 0.0000109. The van der Waals surface area contributed by atoms with E-state index >= 15 is 0 Å². The van der Waals surface area contributed by atoms with Gasteiger partial charge in [0.15, 0.2) is 0 Å². The van der Waals surface area contributed by atoms with E-state index < -0.39 is 5.60 Å². The second-order valence-corrected chi connectivity index (χ2v) is 10.7. The van der Waals surface area contributed by atoms with Gasteiger partial charge in [-0.05, 0) is 95.1 Å². The Morgan fingerprint density at radius 1 is 1.21 bits per heavy atom. The van der Waals surface area contributed by atoms with Crippen LogP contribution in [-0.2, 0) is 9.53 Å². The molecule has 0 amide bonds. The summed E-state index contributed by atoms with van der Waals surface area (Å²) in [4.78, 5) is 11.3. The molecule has 0 aromatic carbocycles. The molecule has 194 valence electrons. The Labute approximate surface area is 210 Å². The van der Waals surface area contributed by atoms with Crippen molar-refractivity contribution in [2.24, 2.45) is 5.41 Å². The minimum Gasteiger partial charge on any atom is -0.458 e. The molecule has 1 aliphatic carbocycles. The van der Waals surface area contributed by atoms with Crippen molar-refractivity contribution in [3.63, 3.8) is 0 Å². The summed E-state index contributed by atoms with van der Waals surface area (Å²) >= 11 is 0. The van der Waals surface area contributed by atoms with E-state index in [1.54, 1.807) is 0 Å². The fraction of sp³-hybridized carbons (Fsp3) is 0.645. The van der Waals surface area contributed by atoms with Crippen molar-refractivity contribution in [1.29, 1.82) is 0 Å². The number of ether oxygens (including phenoxy) is 1. The number of rotatable bonds is 12. The number of hydrogen-bond donors (Lipinski definition) is 1. The van der Waals surface area contributed by atoms with Gasteiger partial charge in [-0.1, -0.05) is 76.3 Å². The van der Waals surface area contributed by atoms with E-state index in [0.717, 1.165) is 63.4 Å². The molecule has 0 unspecified atom stereocenters. The summed E-state index contributed by atoms with van der Waals surface area (Å²) in [6.07, 6.45) is 19.9. The lowest BCUT2D eigenvalue weighted by atomic mass is 9.77. The maximum atomic E-state index is 11.3. The van der Waals surface area contributed by atoms with Crippen molar-refractivity contribution >= 4 is 5.97 Å². The van der Waals surface area contributed by atoms with E-state index in [9.17, 15) is 9.90 Å². The average Bonchev–Trinajstić information content (AvgIpc) is 2.69. The molecule has 1 aliphatic rings. The van der Waals surface area contributed by atoms with Gasteiger partial charge in [0.05, 0.1) is 5.60 Å². The molecule has 1 atom stereocenters. The van der Waals surface area contributed by atoms with Gasteiger partial charge in [0.25, 0.3) is 0 Å². The Morgan fingerprint density at radius 2 is 1.88 bits per heavy atom. The van der Waals surface area contributed by atoms with Crippen LogP contribution >= 0.6 is 0 Å². The molecular formula is C31H52O3. The SMILES string of the molecule is C.C=C1/C(=C\C=C(\C)CCCC(C)(C)/C(=C\CC)CC/C=C/C(C)(C)O)CCC[C@@H]1OC(C)=O. The van der Waals surface area contributed by atoms with Crippen LogP contribution in [0.2, 0.25) is 0 Å². The number of carbonyl (C=O) groups is 1. The lowest BCUT2D eigenvalue weighted by molar-refractivity contribution is -0.145. The molecule has 1 fully saturated rings. The molecule has 1 saturated carbocycles. The number of carbonyl (C=O) groups excluding carboxylic acids is 1. The molecule has 0 bridgehead atoms. The molecule has 3 nitrogen and oxygen atoms in total. The zero-order valence-corrected chi connectivity index (χ0v) is 22.3. The highest BCUT2D eigenvalue weighted by atomic mass is 16.5. The Morgan fingerprint density at radius 3 is 2.47 bits per heavy atom. The summed E-state index contributed by atoms with van der Waals surface area (Å²) in [6.45, 7) is 18.4. The first-order chi connectivity index (χ1) is 15.4. The first-order valence-electron chi connectivity index (χ1n) is 12.7. The molecule has 1 rings (SSSR count). The standard InChI is InChI=1S/C30H48O3.CH4/c1-9-14-27(17-10-11-22-30(7,8)32)29(5,6)21-13-15-23(2)19-20-26-16-12-18-28(24(26)3)33-25(4)31;/h11,14,19-20,22,28,32H,3,9-10,12-13,15-18,21H2,1-2,4-8H3;1H4/b22-11+,23-19-,26-20-,27-14-;/t28-;/m0./s1. The lowest BCUT2D eigenvalue weighted by Gasteiger charge is -2.29. The van der Waals surface area contributed by atoms with Crippen LogP contribution in [0.5, 0.6) is 0 Å². The number of allylic oxidation sites excluding steroid dienone is 6. The molecule has 0 aliphatic heterocycles. The van der Waals surface area contributed by atoms with Gasteiger partial charge in [0, 0.05) is 6.92 Å². The second-order valence-electron chi connectivity index (χ2n) is 10.7. The topological polar surface area (TPSA) is 46.5 Å². The molecule has 0 aromatic rings. The van der Waals surface area contributed by atoms with E-state index in [1.165, 1.54) is 23.6 Å². The van der Waals surface area contributed by atoms with Crippen molar-refractivity contribution in [3.8, 4) is 0 Å². The molecule has 0 aromatic heterocycles. The number of aliphatic hydroxyl groups is 1. The molecule has 0 saturated heterocycles. The minimum absolute atomic E-state index is 0. The summed E-state index contributed by atoms with van der Waals surface area (Å²) in [5, 5.41) is 9.87. The fourth-order valence-electron chi connectivity index (χ4n) is 4.41. The highest BCUT2D eigenvalue weighted by molar-refractivity contribution is 5.66. The molecule has 0 radical (unpaired) electrons. The molecule has 0 heterocycles. The van der Waals surface area contributed by atoms with Crippen LogP contribution in [0.25, 0.3) is 0 Å². The van der Waals surface area contributed by atoms with Gasteiger partial charge in [0.2, 0.25) is 0 Å². The predicted octanol–water partition coefficient (Wildman–Crippen LogP) is 8.81. The highest BCUT2D eigenvalue weighted by Crippen LogP contribution is 2.36. The summed E-state index contributed by atoms with van der Waals surface area (Å²) in [6, 6.07) is 0. The summed E-state index contributed by atoms with van der Waals surface area (Å²) in [5.74, 6) is -0.235. The molecule has 1 N–H and O–H groups in total. The third-order valence-electron chi connectivity index (χ3n) is 6.39. The minimum atomic E-state index is -0.741. The highest BCUT2D eigenvalue weighted by Gasteiger charge is 2.24. The maximum Gasteiger partial charge on any atom is 0.303 e. The first kappa shape index (κ1) is 32.1. The van der Waals surface area contributed by atoms with Crippen LogP contribution in [-0.4, -0.2) is 22.8 Å². The molecule has 34 heavy (non-hydrogen) atoms. The normalized spacial score (nSPS) is 19.5. The van der Waals surface area contributed by atoms with Gasteiger partial charge in [-0.25, -0.2) is 0 Å². The number of esters is 1. The average molecular weight is 473 g/mol. The van der Waals surface area contributed by atoms with E-state index in [-0.39, 0.29) is 24.9 Å². The van der Waals surface area contributed by atoms with Crippen molar-refractivity contribution < 1.29 is 14.6 Å². The fourth-order valence-corrected chi connectivity index (χ4v) is 4.41. The Bertz CT molecular complexity index is 769.